The third-order valence-electron chi connectivity index (χ3n) is 5.55. The Morgan fingerprint density at radius 3 is 2.38 bits per heavy atom. The minimum atomic E-state index is -0.176. The monoisotopic (exact) mass is 394 g/mol. The number of hydrogen-bond donors (Lipinski definition) is 2. The van der Waals surface area contributed by atoms with Crippen molar-refractivity contribution in [1.82, 2.24) is 15.1 Å². The van der Waals surface area contributed by atoms with E-state index in [2.05, 4.69) is 17.4 Å². The van der Waals surface area contributed by atoms with E-state index in [4.69, 9.17) is 5.73 Å². The van der Waals surface area contributed by atoms with Crippen molar-refractivity contribution >= 4 is 11.9 Å². The molecule has 0 unspecified atom stereocenters. The molecule has 6 nitrogen and oxygen atoms in total. The van der Waals surface area contributed by atoms with Gasteiger partial charge < -0.3 is 20.9 Å². The Morgan fingerprint density at radius 2 is 1.72 bits per heavy atom. The van der Waals surface area contributed by atoms with Crippen molar-refractivity contribution in [2.24, 2.45) is 11.7 Å². The third kappa shape index (κ3) is 5.57. The van der Waals surface area contributed by atoms with E-state index < -0.39 is 0 Å². The maximum absolute atomic E-state index is 12.6. The van der Waals surface area contributed by atoms with Gasteiger partial charge in [-0.15, -0.1) is 0 Å². The van der Waals surface area contributed by atoms with E-state index in [-0.39, 0.29) is 23.8 Å². The minimum Gasteiger partial charge on any atom is -0.342 e. The van der Waals surface area contributed by atoms with E-state index in [0.717, 1.165) is 5.56 Å². The lowest BCUT2D eigenvalue weighted by molar-refractivity contribution is -0.130. The smallest absolute Gasteiger partial charge is 0.317 e. The van der Waals surface area contributed by atoms with Crippen molar-refractivity contribution in [3.8, 4) is 0 Å². The average Bonchev–Trinajstić information content (AvgIpc) is 3.19. The Kier molecular flexibility index (Phi) is 7.25. The van der Waals surface area contributed by atoms with Crippen LogP contribution in [-0.2, 0) is 11.3 Å². The number of hydrogen-bond acceptors (Lipinski definition) is 3. The molecule has 2 aromatic carbocycles. The highest BCUT2D eigenvalue weighted by molar-refractivity contribution is 5.78. The summed E-state index contributed by atoms with van der Waals surface area (Å²) >= 11 is 0. The number of carbonyl (C=O) groups excluding carboxylic acids is 2. The predicted octanol–water partition coefficient (Wildman–Crippen LogP) is 2.42. The zero-order valence-electron chi connectivity index (χ0n) is 17.0. The van der Waals surface area contributed by atoms with E-state index in [1.807, 2.05) is 53.4 Å². The number of carbonyl (C=O) groups is 2. The topological polar surface area (TPSA) is 78.7 Å². The molecule has 29 heavy (non-hydrogen) atoms. The van der Waals surface area contributed by atoms with Crippen LogP contribution >= 0.6 is 0 Å². The van der Waals surface area contributed by atoms with Crippen LogP contribution in [0, 0.1) is 5.92 Å². The summed E-state index contributed by atoms with van der Waals surface area (Å²) in [7, 11) is 1.75. The highest BCUT2D eigenvalue weighted by Gasteiger charge is 2.34. The SMILES string of the molecule is CN(Cc1ccccc1)C(=O)NCCC(=O)N1C[C@@H](CN)[C@H](c2ccccc2)C1. The largest absolute Gasteiger partial charge is 0.342 e. The maximum atomic E-state index is 12.6. The third-order valence-corrected chi connectivity index (χ3v) is 5.55. The van der Waals surface area contributed by atoms with Gasteiger partial charge >= 0.3 is 6.03 Å². The summed E-state index contributed by atoms with van der Waals surface area (Å²) in [5, 5.41) is 2.84. The molecule has 0 saturated carbocycles. The highest BCUT2D eigenvalue weighted by Crippen LogP contribution is 2.32. The van der Waals surface area contributed by atoms with Gasteiger partial charge in [0.05, 0.1) is 0 Å². The van der Waals surface area contributed by atoms with Crippen LogP contribution in [0.5, 0.6) is 0 Å². The van der Waals surface area contributed by atoms with E-state index in [0.29, 0.717) is 39.1 Å². The second-order valence-corrected chi connectivity index (χ2v) is 7.64. The van der Waals surface area contributed by atoms with Gasteiger partial charge in [-0.2, -0.15) is 0 Å². The van der Waals surface area contributed by atoms with Gasteiger partial charge in [0.1, 0.15) is 0 Å². The first-order valence-corrected chi connectivity index (χ1v) is 10.1. The van der Waals surface area contributed by atoms with Crippen molar-refractivity contribution in [3.63, 3.8) is 0 Å². The summed E-state index contributed by atoms with van der Waals surface area (Å²) in [5.41, 5.74) is 8.26. The van der Waals surface area contributed by atoms with Crippen LogP contribution in [0.25, 0.3) is 0 Å². The first kappa shape index (κ1) is 20.9. The molecule has 1 heterocycles. The molecule has 1 saturated heterocycles. The molecule has 3 rings (SSSR count). The van der Waals surface area contributed by atoms with E-state index in [9.17, 15) is 9.59 Å². The number of rotatable bonds is 7. The zero-order chi connectivity index (χ0) is 20.6. The van der Waals surface area contributed by atoms with Gasteiger partial charge in [0.2, 0.25) is 5.91 Å². The van der Waals surface area contributed by atoms with Crippen LogP contribution in [0.1, 0.15) is 23.5 Å². The quantitative estimate of drug-likeness (QED) is 0.757. The van der Waals surface area contributed by atoms with Gasteiger partial charge in [0.25, 0.3) is 0 Å². The van der Waals surface area contributed by atoms with E-state index in [1.165, 1.54) is 5.56 Å². The van der Waals surface area contributed by atoms with Gasteiger partial charge in [0, 0.05) is 45.6 Å². The molecular weight excluding hydrogens is 364 g/mol. The normalized spacial score (nSPS) is 18.5. The van der Waals surface area contributed by atoms with Crippen molar-refractivity contribution in [3.05, 3.63) is 71.8 Å². The summed E-state index contributed by atoms with van der Waals surface area (Å²) in [6.07, 6.45) is 0.295. The second-order valence-electron chi connectivity index (χ2n) is 7.64. The average molecular weight is 395 g/mol. The molecule has 154 valence electrons. The lowest BCUT2D eigenvalue weighted by Gasteiger charge is -2.19. The molecule has 1 aliphatic heterocycles. The lowest BCUT2D eigenvalue weighted by atomic mass is 9.89. The molecular formula is C23H30N4O2. The molecule has 3 amide bonds. The van der Waals surface area contributed by atoms with Crippen LogP contribution in [0.4, 0.5) is 4.79 Å². The Bertz CT molecular complexity index is 797. The number of nitrogens with two attached hydrogens (primary N) is 1. The van der Waals surface area contributed by atoms with Gasteiger partial charge in [-0.3, -0.25) is 4.79 Å². The van der Waals surface area contributed by atoms with Crippen molar-refractivity contribution in [1.29, 1.82) is 0 Å². The van der Waals surface area contributed by atoms with Crippen molar-refractivity contribution < 1.29 is 9.59 Å². The fraction of sp³-hybridized carbons (Fsp3) is 0.391. The van der Waals surface area contributed by atoms with Crippen LogP contribution < -0.4 is 11.1 Å². The Balaban J connectivity index is 1.45. The van der Waals surface area contributed by atoms with E-state index in [1.54, 1.807) is 11.9 Å². The Labute approximate surface area is 172 Å². The molecule has 3 N–H and O–H groups in total. The summed E-state index contributed by atoms with van der Waals surface area (Å²) in [6, 6.07) is 19.9. The molecule has 6 heteroatoms. The van der Waals surface area contributed by atoms with Crippen molar-refractivity contribution in [2.45, 2.75) is 18.9 Å². The number of nitrogens with zero attached hydrogens (tertiary/aromatic N) is 2. The van der Waals surface area contributed by atoms with Gasteiger partial charge in [-0.25, -0.2) is 4.79 Å². The number of urea groups is 1. The predicted molar refractivity (Wildman–Crippen MR) is 114 cm³/mol. The summed E-state index contributed by atoms with van der Waals surface area (Å²) in [6.45, 7) is 2.79. The molecule has 0 radical (unpaired) electrons. The van der Waals surface area contributed by atoms with Gasteiger partial charge in [-0.1, -0.05) is 60.7 Å². The molecule has 2 aromatic rings. The second kappa shape index (κ2) is 10.1. The molecule has 0 aromatic heterocycles. The van der Waals surface area contributed by atoms with Crippen molar-refractivity contribution in [2.75, 3.05) is 33.2 Å². The number of likely N-dealkylation sites (tertiary alicyclic amines) is 1. The molecule has 0 bridgehead atoms. The number of amides is 3. The van der Waals surface area contributed by atoms with Gasteiger partial charge in [-0.05, 0) is 23.6 Å². The number of nitrogens with one attached hydrogen (secondary N) is 1. The molecule has 2 atom stereocenters. The Morgan fingerprint density at radius 1 is 1.07 bits per heavy atom. The van der Waals surface area contributed by atoms with Crippen LogP contribution in [-0.4, -0.2) is 55.0 Å². The lowest BCUT2D eigenvalue weighted by Crippen LogP contribution is -2.39. The minimum absolute atomic E-state index is 0.0629. The van der Waals surface area contributed by atoms with Crippen LogP contribution in [0.15, 0.2) is 60.7 Å². The maximum Gasteiger partial charge on any atom is 0.317 e. The fourth-order valence-corrected chi connectivity index (χ4v) is 3.89. The van der Waals surface area contributed by atoms with Crippen LogP contribution in [0.2, 0.25) is 0 Å². The molecule has 1 fully saturated rings. The highest BCUT2D eigenvalue weighted by atomic mass is 16.2. The van der Waals surface area contributed by atoms with E-state index >= 15 is 0 Å². The summed E-state index contributed by atoms with van der Waals surface area (Å²) in [5.74, 6) is 0.609. The first-order chi connectivity index (χ1) is 14.1. The molecule has 1 aliphatic rings. The summed E-state index contributed by atoms with van der Waals surface area (Å²) in [4.78, 5) is 28.4. The molecule has 0 spiro atoms. The standard InChI is InChI=1S/C23H30N4O2/c1-26(15-18-8-4-2-5-9-18)23(29)25-13-12-22(28)27-16-20(14-24)21(17-27)19-10-6-3-7-11-19/h2-11,20-21H,12-17,24H2,1H3,(H,25,29)/t20-,21+/m1/s1. The Hall–Kier alpha value is -2.86. The van der Waals surface area contributed by atoms with Gasteiger partial charge in [0.15, 0.2) is 0 Å². The summed E-state index contributed by atoms with van der Waals surface area (Å²) < 4.78 is 0. The number of benzene rings is 2. The molecule has 0 aliphatic carbocycles. The zero-order valence-corrected chi connectivity index (χ0v) is 17.0. The fourth-order valence-electron chi connectivity index (χ4n) is 3.89. The van der Waals surface area contributed by atoms with Crippen LogP contribution in [0.3, 0.4) is 0 Å². The first-order valence-electron chi connectivity index (χ1n) is 10.1.